The van der Waals surface area contributed by atoms with Gasteiger partial charge in [0.2, 0.25) is 5.91 Å². The maximum absolute atomic E-state index is 14.4. The van der Waals surface area contributed by atoms with Gasteiger partial charge in [-0.3, -0.25) is 14.6 Å². The fraction of sp³-hybridized carbons (Fsp3) is 0.535. The van der Waals surface area contributed by atoms with Gasteiger partial charge in [-0.05, 0) is 162 Å². The number of aromatic nitrogens is 3. The molecule has 53 heavy (non-hydrogen) atoms. The summed E-state index contributed by atoms with van der Waals surface area (Å²) in [5.74, 6) is -0.0911. The third-order valence-electron chi connectivity index (χ3n) is 11.5. The number of anilines is 1. The zero-order valence-electron chi connectivity index (χ0n) is 33.9. The van der Waals surface area contributed by atoms with E-state index in [1.807, 2.05) is 19.9 Å². The smallest absolute Gasteiger partial charge is 0.223 e. The predicted octanol–water partition coefficient (Wildman–Crippen LogP) is 8.32. The van der Waals surface area contributed by atoms with Gasteiger partial charge < -0.3 is 25.4 Å². The standard InChI is InChI=1S/C43H60BrN7O2/c1-12-29-24(3)34-23-36-30(13-2)26(5)41(47-36)40(44)42-27(6)32(21-38(53)51(18-14-16-49(8)9)19-15-17-50(10)11)43(48-42)31-20-37(52)39(25(31)4)28(7)33(45)22-35(29)46-34/h22-23,27,32,47H,12-21,45H2,1-11H3/t27-,32?/m0/s1. The molecule has 0 radical (unpaired) electrons. The van der Waals surface area contributed by atoms with E-state index in [9.17, 15) is 9.59 Å². The summed E-state index contributed by atoms with van der Waals surface area (Å²) in [5, 5.41) is 0. The van der Waals surface area contributed by atoms with Crippen molar-refractivity contribution >= 4 is 55.5 Å². The molecule has 0 saturated heterocycles. The minimum Gasteiger partial charge on any atom is -0.398 e. The SMILES string of the molecule is CCC1=C(C)c2cc3[nH]c(c(C)c3CC)c(Br)c3nc(c4c(C)c(c(C)c(N)cc1n2)C(=O)C4)C(CC(=O)N(CCCN(C)C)CCCN(C)C)[C@@H]3C. The first-order valence-electron chi connectivity index (χ1n) is 19.3. The summed E-state index contributed by atoms with van der Waals surface area (Å²) < 4.78 is 0.894. The largest absolute Gasteiger partial charge is 0.398 e. The van der Waals surface area contributed by atoms with Crippen LogP contribution in [0.1, 0.15) is 126 Å². The molecular weight excluding hydrogens is 726 g/mol. The van der Waals surface area contributed by atoms with E-state index in [-0.39, 0.29) is 29.9 Å². The monoisotopic (exact) mass is 785 g/mol. The van der Waals surface area contributed by atoms with Crippen molar-refractivity contribution in [2.75, 3.05) is 60.1 Å². The molecule has 286 valence electrons. The first kappa shape index (κ1) is 40.6. The lowest BCUT2D eigenvalue weighted by atomic mass is 9.85. The second-order valence-corrected chi connectivity index (χ2v) is 16.4. The van der Waals surface area contributed by atoms with Crippen molar-refractivity contribution in [2.24, 2.45) is 0 Å². The van der Waals surface area contributed by atoms with E-state index in [1.54, 1.807) is 0 Å². The number of fused-ring (bicyclic) bond motifs is 9. The summed E-state index contributed by atoms with van der Waals surface area (Å²) in [4.78, 5) is 48.9. The van der Waals surface area contributed by atoms with Crippen molar-refractivity contribution in [1.82, 2.24) is 29.7 Å². The van der Waals surface area contributed by atoms with E-state index in [1.165, 1.54) is 5.56 Å². The molecule has 0 fully saturated rings. The van der Waals surface area contributed by atoms with E-state index in [4.69, 9.17) is 15.7 Å². The molecule has 4 heterocycles. The second-order valence-electron chi connectivity index (χ2n) is 15.6. The first-order valence-corrected chi connectivity index (χ1v) is 20.1. The van der Waals surface area contributed by atoms with Gasteiger partial charge in [0.1, 0.15) is 0 Å². The van der Waals surface area contributed by atoms with Crippen molar-refractivity contribution in [3.63, 3.8) is 0 Å². The molecule has 0 spiro atoms. The fourth-order valence-electron chi connectivity index (χ4n) is 8.36. The van der Waals surface area contributed by atoms with E-state index < -0.39 is 0 Å². The van der Waals surface area contributed by atoms with Crippen molar-refractivity contribution in [3.05, 3.63) is 72.8 Å². The lowest BCUT2D eigenvalue weighted by molar-refractivity contribution is -0.132. The summed E-state index contributed by atoms with van der Waals surface area (Å²) in [6.07, 6.45) is 4.04. The number of rotatable bonds is 12. The molecule has 10 heteroatoms. The number of allylic oxidation sites excluding steroid dienone is 2. The van der Waals surface area contributed by atoms with E-state index in [0.29, 0.717) is 30.8 Å². The molecule has 0 saturated carbocycles. The average Bonchev–Trinajstić information content (AvgIpc) is 3.78. The van der Waals surface area contributed by atoms with Crippen LogP contribution in [0.3, 0.4) is 0 Å². The molecule has 2 aromatic heterocycles. The van der Waals surface area contributed by atoms with Crippen LogP contribution in [0.15, 0.2) is 16.6 Å². The van der Waals surface area contributed by atoms with Crippen molar-refractivity contribution in [1.29, 1.82) is 0 Å². The Balaban J connectivity index is 1.77. The highest BCUT2D eigenvalue weighted by molar-refractivity contribution is 9.10. The molecule has 1 amide bonds. The van der Waals surface area contributed by atoms with Gasteiger partial charge in [-0.15, -0.1) is 0 Å². The maximum Gasteiger partial charge on any atom is 0.223 e. The average molecular weight is 787 g/mol. The third kappa shape index (κ3) is 8.25. The molecule has 1 unspecified atom stereocenters. The number of aromatic amines is 1. The number of H-pyrrole nitrogens is 1. The van der Waals surface area contributed by atoms with Gasteiger partial charge in [-0.2, -0.15) is 0 Å². The molecule has 2 aromatic rings. The highest BCUT2D eigenvalue weighted by atomic mass is 79.9. The number of aryl methyl sites for hydroxylation is 2. The highest BCUT2D eigenvalue weighted by Crippen LogP contribution is 2.46. The molecule has 9 nitrogen and oxygen atoms in total. The van der Waals surface area contributed by atoms with Crippen LogP contribution in [0.25, 0.3) is 22.2 Å². The number of ketones is 1. The Labute approximate surface area is 325 Å². The Morgan fingerprint density at radius 2 is 1.53 bits per heavy atom. The van der Waals surface area contributed by atoms with Crippen LogP contribution >= 0.6 is 15.9 Å². The summed E-state index contributed by atoms with van der Waals surface area (Å²) in [6.45, 7) is 18.0. The molecule has 3 N–H and O–H groups in total. The normalized spacial score (nSPS) is 16.6. The van der Waals surface area contributed by atoms with E-state index >= 15 is 0 Å². The molecule has 3 aliphatic rings. The summed E-state index contributed by atoms with van der Waals surface area (Å²) >= 11 is 4.03. The minimum atomic E-state index is -0.189. The summed E-state index contributed by atoms with van der Waals surface area (Å²) in [6, 6.07) is 4.09. The van der Waals surface area contributed by atoms with Gasteiger partial charge in [-0.25, -0.2) is 4.98 Å². The van der Waals surface area contributed by atoms with Crippen LogP contribution in [-0.4, -0.2) is 95.7 Å². The van der Waals surface area contributed by atoms with Crippen LogP contribution in [0.4, 0.5) is 5.69 Å². The molecule has 1 aliphatic carbocycles. The Morgan fingerprint density at radius 1 is 0.887 bits per heavy atom. The summed E-state index contributed by atoms with van der Waals surface area (Å²) in [7, 11) is 8.28. The number of nitrogens with zero attached hydrogens (tertiary/aromatic N) is 5. The number of hydrogen-bond donors (Lipinski definition) is 2. The van der Waals surface area contributed by atoms with Gasteiger partial charge in [0, 0.05) is 60.2 Å². The molecular formula is C43H60BrN7O2. The van der Waals surface area contributed by atoms with Crippen molar-refractivity contribution in [3.8, 4) is 0 Å². The number of halogens is 1. The third-order valence-corrected chi connectivity index (χ3v) is 12.3. The number of nitrogens with one attached hydrogen (secondary N) is 1. The van der Waals surface area contributed by atoms with Crippen LogP contribution in [-0.2, 0) is 17.6 Å². The lowest BCUT2D eigenvalue weighted by Crippen LogP contribution is -2.36. The van der Waals surface area contributed by atoms with Crippen LogP contribution < -0.4 is 5.73 Å². The minimum absolute atomic E-state index is 0.0345. The zero-order chi connectivity index (χ0) is 38.9. The maximum atomic E-state index is 14.4. The zero-order valence-corrected chi connectivity index (χ0v) is 35.5. The van der Waals surface area contributed by atoms with Gasteiger partial charge in [0.15, 0.2) is 5.78 Å². The number of carbonyl (C=O) groups is 2. The number of carbonyl (C=O) groups excluding carboxylic acids is 2. The highest BCUT2D eigenvalue weighted by Gasteiger charge is 2.38. The van der Waals surface area contributed by atoms with Gasteiger partial charge in [0.05, 0.1) is 27.1 Å². The molecule has 2 atom stereocenters. The Kier molecular flexibility index (Phi) is 12.9. The number of Topliss-reactive ketones (excluding diaryl/α,β-unsaturated/α-hetero) is 1. The second kappa shape index (κ2) is 16.8. The van der Waals surface area contributed by atoms with Crippen molar-refractivity contribution in [2.45, 2.75) is 98.8 Å². The predicted molar refractivity (Wildman–Crippen MR) is 223 cm³/mol. The molecule has 2 aliphatic heterocycles. The topological polar surface area (TPSA) is 111 Å². The Bertz CT molecular complexity index is 2000. The van der Waals surface area contributed by atoms with Crippen LogP contribution in [0.2, 0.25) is 0 Å². The number of nitrogen functional groups attached to an aromatic ring is 1. The van der Waals surface area contributed by atoms with Gasteiger partial charge in [-0.1, -0.05) is 20.8 Å². The lowest BCUT2D eigenvalue weighted by Gasteiger charge is -2.27. The Hall–Kier alpha value is -3.60. The Morgan fingerprint density at radius 3 is 2.11 bits per heavy atom. The van der Waals surface area contributed by atoms with Gasteiger partial charge in [0.25, 0.3) is 0 Å². The molecule has 8 bridgehead atoms. The number of amides is 1. The van der Waals surface area contributed by atoms with Crippen molar-refractivity contribution < 1.29 is 9.59 Å². The number of nitrogens with two attached hydrogens (primary N) is 1. The molecule has 0 aromatic carbocycles. The van der Waals surface area contributed by atoms with E-state index in [2.05, 4.69) is 104 Å². The fourth-order valence-corrected chi connectivity index (χ4v) is 9.20. The van der Waals surface area contributed by atoms with Crippen LogP contribution in [0.5, 0.6) is 0 Å². The quantitative estimate of drug-likeness (QED) is 0.223. The molecule has 5 rings (SSSR count). The number of hydrogen-bond acceptors (Lipinski definition) is 7. The van der Waals surface area contributed by atoms with Gasteiger partial charge >= 0.3 is 0 Å². The summed E-state index contributed by atoms with van der Waals surface area (Å²) in [5.41, 5.74) is 20.7. The first-order chi connectivity index (χ1) is 25.1. The van der Waals surface area contributed by atoms with E-state index in [0.717, 1.165) is 110 Å². The van der Waals surface area contributed by atoms with Crippen LogP contribution in [0, 0.1) is 20.8 Å².